The standard InChI is InChI=1S/C14H13NO3/c1-8-10-7-18-11-6-4-3-5-9(11)13(10)15-12(8)14(16)17-2/h3-6,15H,7H2,1-2H3. The van der Waals surface area contributed by atoms with E-state index < -0.39 is 0 Å². The molecule has 0 atom stereocenters. The summed E-state index contributed by atoms with van der Waals surface area (Å²) in [7, 11) is 1.38. The number of hydrogen-bond acceptors (Lipinski definition) is 3. The second-order valence-corrected chi connectivity index (χ2v) is 4.25. The average molecular weight is 243 g/mol. The molecule has 3 rings (SSSR count). The highest BCUT2D eigenvalue weighted by atomic mass is 16.5. The summed E-state index contributed by atoms with van der Waals surface area (Å²) in [6, 6.07) is 7.78. The van der Waals surface area contributed by atoms with Gasteiger partial charge < -0.3 is 14.5 Å². The van der Waals surface area contributed by atoms with E-state index in [2.05, 4.69) is 4.98 Å². The summed E-state index contributed by atoms with van der Waals surface area (Å²) in [6.07, 6.45) is 0. The zero-order valence-corrected chi connectivity index (χ0v) is 10.2. The predicted octanol–water partition coefficient (Wildman–Crippen LogP) is 2.67. The maximum absolute atomic E-state index is 11.7. The van der Waals surface area contributed by atoms with Gasteiger partial charge in [-0.2, -0.15) is 0 Å². The van der Waals surface area contributed by atoms with Crippen molar-refractivity contribution in [1.82, 2.24) is 4.98 Å². The Bertz CT molecular complexity index is 628. The first-order valence-electron chi connectivity index (χ1n) is 5.74. The molecule has 0 saturated carbocycles. The highest BCUT2D eigenvalue weighted by Crippen LogP contribution is 2.38. The Hall–Kier alpha value is -2.23. The fourth-order valence-corrected chi connectivity index (χ4v) is 2.30. The lowest BCUT2D eigenvalue weighted by Gasteiger charge is -2.17. The summed E-state index contributed by atoms with van der Waals surface area (Å²) >= 11 is 0. The third-order valence-electron chi connectivity index (χ3n) is 3.30. The van der Waals surface area contributed by atoms with E-state index in [9.17, 15) is 4.79 Å². The topological polar surface area (TPSA) is 51.3 Å². The molecule has 2 heterocycles. The van der Waals surface area contributed by atoms with Crippen molar-refractivity contribution in [2.24, 2.45) is 0 Å². The van der Waals surface area contributed by atoms with Crippen molar-refractivity contribution in [3.05, 3.63) is 41.1 Å². The van der Waals surface area contributed by atoms with Crippen molar-refractivity contribution in [1.29, 1.82) is 0 Å². The normalized spacial score (nSPS) is 12.3. The zero-order chi connectivity index (χ0) is 12.7. The molecule has 1 aromatic carbocycles. The molecule has 0 radical (unpaired) electrons. The molecule has 0 unspecified atom stereocenters. The number of H-pyrrole nitrogens is 1. The van der Waals surface area contributed by atoms with Crippen molar-refractivity contribution in [3.8, 4) is 17.0 Å². The molecule has 0 bridgehead atoms. The van der Waals surface area contributed by atoms with E-state index in [-0.39, 0.29) is 5.97 Å². The Morgan fingerprint density at radius 3 is 2.94 bits per heavy atom. The Morgan fingerprint density at radius 2 is 2.17 bits per heavy atom. The second kappa shape index (κ2) is 3.91. The van der Waals surface area contributed by atoms with Crippen LogP contribution in [0.3, 0.4) is 0 Å². The summed E-state index contributed by atoms with van der Waals surface area (Å²) in [5, 5.41) is 0. The highest BCUT2D eigenvalue weighted by Gasteiger charge is 2.25. The number of methoxy groups -OCH3 is 1. The lowest BCUT2D eigenvalue weighted by atomic mass is 10.0. The van der Waals surface area contributed by atoms with Crippen LogP contribution in [-0.2, 0) is 11.3 Å². The molecule has 0 spiro atoms. The van der Waals surface area contributed by atoms with Crippen molar-refractivity contribution >= 4 is 5.97 Å². The Balaban J connectivity index is 2.20. The monoisotopic (exact) mass is 243 g/mol. The van der Waals surface area contributed by atoms with Crippen molar-refractivity contribution in [2.75, 3.05) is 7.11 Å². The first-order valence-corrected chi connectivity index (χ1v) is 5.74. The largest absolute Gasteiger partial charge is 0.488 e. The van der Waals surface area contributed by atoms with Crippen LogP contribution in [0.15, 0.2) is 24.3 Å². The molecule has 4 heteroatoms. The summed E-state index contributed by atoms with van der Waals surface area (Å²) in [6.45, 7) is 2.38. The first-order chi connectivity index (χ1) is 8.72. The summed E-state index contributed by atoms with van der Waals surface area (Å²) in [5.41, 5.74) is 4.36. The van der Waals surface area contributed by atoms with Gasteiger partial charge in [0.2, 0.25) is 0 Å². The van der Waals surface area contributed by atoms with Crippen LogP contribution in [0, 0.1) is 6.92 Å². The third-order valence-corrected chi connectivity index (χ3v) is 3.30. The van der Waals surface area contributed by atoms with Crippen LogP contribution in [0.4, 0.5) is 0 Å². The van der Waals surface area contributed by atoms with Crippen molar-refractivity contribution in [2.45, 2.75) is 13.5 Å². The molecular weight excluding hydrogens is 230 g/mol. The molecule has 0 aliphatic carbocycles. The Kier molecular flexibility index (Phi) is 2.37. The maximum atomic E-state index is 11.7. The van der Waals surface area contributed by atoms with Crippen LogP contribution in [0.25, 0.3) is 11.3 Å². The van der Waals surface area contributed by atoms with Gasteiger partial charge in [0.1, 0.15) is 18.1 Å². The molecule has 4 nitrogen and oxygen atoms in total. The summed E-state index contributed by atoms with van der Waals surface area (Å²) < 4.78 is 10.5. The number of benzene rings is 1. The van der Waals surface area contributed by atoms with Gasteiger partial charge in [-0.3, -0.25) is 0 Å². The summed E-state index contributed by atoms with van der Waals surface area (Å²) in [4.78, 5) is 14.8. The highest BCUT2D eigenvalue weighted by molar-refractivity contribution is 5.92. The number of aromatic amines is 1. The zero-order valence-electron chi connectivity index (χ0n) is 10.2. The van der Waals surface area contributed by atoms with E-state index in [1.165, 1.54) is 7.11 Å². The second-order valence-electron chi connectivity index (χ2n) is 4.25. The number of fused-ring (bicyclic) bond motifs is 3. The number of carbonyl (C=O) groups is 1. The molecule has 1 N–H and O–H groups in total. The fraction of sp³-hybridized carbons (Fsp3) is 0.214. The van der Waals surface area contributed by atoms with Gasteiger partial charge in [0, 0.05) is 11.1 Å². The molecule has 92 valence electrons. The van der Waals surface area contributed by atoms with E-state index in [0.29, 0.717) is 12.3 Å². The lowest BCUT2D eigenvalue weighted by molar-refractivity contribution is 0.0594. The van der Waals surface area contributed by atoms with E-state index in [0.717, 1.165) is 28.1 Å². The number of esters is 1. The molecule has 2 aromatic rings. The molecule has 0 amide bonds. The summed E-state index contributed by atoms with van der Waals surface area (Å²) in [5.74, 6) is 0.488. The molecule has 18 heavy (non-hydrogen) atoms. The number of hydrogen-bond donors (Lipinski definition) is 1. The van der Waals surface area contributed by atoms with Crippen LogP contribution >= 0.6 is 0 Å². The van der Waals surface area contributed by atoms with Gasteiger partial charge in [0.15, 0.2) is 0 Å². The van der Waals surface area contributed by atoms with Crippen LogP contribution in [0.5, 0.6) is 5.75 Å². The number of aromatic nitrogens is 1. The molecule has 0 saturated heterocycles. The number of rotatable bonds is 1. The van der Waals surface area contributed by atoms with E-state index in [1.807, 2.05) is 31.2 Å². The smallest absolute Gasteiger partial charge is 0.354 e. The van der Waals surface area contributed by atoms with E-state index in [1.54, 1.807) is 0 Å². The Morgan fingerprint density at radius 1 is 1.39 bits per heavy atom. The minimum Gasteiger partial charge on any atom is -0.488 e. The van der Waals surface area contributed by atoms with Gasteiger partial charge in [0.25, 0.3) is 0 Å². The van der Waals surface area contributed by atoms with Crippen LogP contribution in [0.1, 0.15) is 21.6 Å². The van der Waals surface area contributed by atoms with Gasteiger partial charge in [-0.25, -0.2) is 4.79 Å². The minimum absolute atomic E-state index is 0.348. The van der Waals surface area contributed by atoms with Gasteiger partial charge in [-0.15, -0.1) is 0 Å². The number of nitrogens with one attached hydrogen (secondary N) is 1. The predicted molar refractivity (Wildman–Crippen MR) is 66.6 cm³/mol. The molecule has 1 aliphatic rings. The van der Waals surface area contributed by atoms with Gasteiger partial charge in [-0.05, 0) is 24.6 Å². The lowest BCUT2D eigenvalue weighted by Crippen LogP contribution is -2.05. The number of para-hydroxylation sites is 1. The van der Waals surface area contributed by atoms with E-state index >= 15 is 0 Å². The van der Waals surface area contributed by atoms with Gasteiger partial charge in [-0.1, -0.05) is 12.1 Å². The Labute approximate surface area is 105 Å². The SMILES string of the molecule is COC(=O)c1[nH]c2c(c1C)COc1ccccc1-2. The number of carbonyl (C=O) groups excluding carboxylic acids is 1. The first kappa shape index (κ1) is 10.9. The minimum atomic E-state index is -0.348. The van der Waals surface area contributed by atoms with E-state index in [4.69, 9.17) is 9.47 Å². The van der Waals surface area contributed by atoms with Crippen molar-refractivity contribution < 1.29 is 14.3 Å². The van der Waals surface area contributed by atoms with Crippen LogP contribution < -0.4 is 4.74 Å². The quantitative estimate of drug-likeness (QED) is 0.783. The number of ether oxygens (including phenoxy) is 2. The van der Waals surface area contributed by atoms with Gasteiger partial charge in [0.05, 0.1) is 12.8 Å². The molecule has 0 fully saturated rings. The van der Waals surface area contributed by atoms with Crippen molar-refractivity contribution in [3.63, 3.8) is 0 Å². The van der Waals surface area contributed by atoms with Crippen LogP contribution in [0.2, 0.25) is 0 Å². The van der Waals surface area contributed by atoms with Gasteiger partial charge >= 0.3 is 5.97 Å². The van der Waals surface area contributed by atoms with Crippen LogP contribution in [-0.4, -0.2) is 18.1 Å². The average Bonchev–Trinajstić information content (AvgIpc) is 2.76. The molecular formula is C14H13NO3. The molecule has 1 aliphatic heterocycles. The maximum Gasteiger partial charge on any atom is 0.354 e. The fourth-order valence-electron chi connectivity index (χ4n) is 2.30. The third kappa shape index (κ3) is 1.42. The molecule has 1 aromatic heterocycles.